The number of carboxylic acid groups (broad SMARTS) is 2. The molecule has 0 aromatic carbocycles. The molecule has 0 saturated carbocycles. The molecule has 2 atom stereocenters. The van der Waals surface area contributed by atoms with Gasteiger partial charge in [0.2, 0.25) is 5.91 Å². The first-order valence-corrected chi connectivity index (χ1v) is 14.3. The van der Waals surface area contributed by atoms with Crippen LogP contribution in [0.25, 0.3) is 22.8 Å². The molecule has 0 fully saturated rings. The molecule has 4 aromatic rings. The average Bonchev–Trinajstić information content (AvgIpc) is 3.04. The van der Waals surface area contributed by atoms with Crippen LogP contribution in [-0.4, -0.2) is 71.3 Å². The number of carbonyl (C=O) groups excluding carboxylic acids is 2. The smallest absolute Gasteiger partial charge is 0.324 e. The minimum absolute atomic E-state index is 0. The maximum atomic E-state index is 10.4. The number of carboxylic acids is 2. The third kappa shape index (κ3) is 20.0. The number of amides is 1. The molecule has 0 spiro atoms. The predicted octanol–water partition coefficient (Wildman–Crippen LogP) is 3.62. The van der Waals surface area contributed by atoms with Crippen molar-refractivity contribution in [3.63, 3.8) is 0 Å². The number of ketones is 1. The molecule has 0 saturated heterocycles. The summed E-state index contributed by atoms with van der Waals surface area (Å²) in [7, 11) is 0. The van der Waals surface area contributed by atoms with Crippen molar-refractivity contribution in [2.75, 3.05) is 11.5 Å². The second kappa shape index (κ2) is 26.9. The van der Waals surface area contributed by atoms with E-state index in [0.717, 1.165) is 22.8 Å². The summed E-state index contributed by atoms with van der Waals surface area (Å²) in [5, 5.41) is 18.9. The summed E-state index contributed by atoms with van der Waals surface area (Å²) in [6.45, 7) is 2.61. The monoisotopic (exact) mass is 847 g/mol. The standard InChI is InChI=1S/2C10H8N2.C6H10O3S.C5H9NO3S.2Pd/c2*1-3-7-11-9(5-1)10-6-2-4-8-12-10;1-4(7)2-5(3-10)6(8)9;1-3(7)6-4(2-10)5(8)9;;/h2*1-8H;5,10H,2-3H2,1H3,(H,8,9);4,10H,2H2,1H3,(H,6,7)(H,8,9);;/p-2. The first kappa shape index (κ1) is 44.8. The number of pyridine rings is 4. The number of aliphatic carboxylic acids is 2. The summed E-state index contributed by atoms with van der Waals surface area (Å²) >= 11 is 9.01. The molecule has 4 rings (SSSR count). The largest absolute Gasteiger partial charge is 0.792 e. The number of aromatic nitrogens is 4. The van der Waals surface area contributed by atoms with Gasteiger partial charge >= 0.3 is 11.9 Å². The van der Waals surface area contributed by atoms with E-state index in [1.165, 1.54) is 13.8 Å². The van der Waals surface area contributed by atoms with Gasteiger partial charge in [0.25, 0.3) is 0 Å². The Morgan fingerprint density at radius 3 is 1.11 bits per heavy atom. The summed E-state index contributed by atoms with van der Waals surface area (Å²) in [6, 6.07) is 22.3. The van der Waals surface area contributed by atoms with Crippen LogP contribution >= 0.6 is 0 Å². The second-order valence-electron chi connectivity index (χ2n) is 8.73. The number of hydrogen-bond donors (Lipinski definition) is 3. The Balaban J connectivity index is 0. The minimum Gasteiger partial charge on any atom is -0.792 e. The van der Waals surface area contributed by atoms with Crippen molar-refractivity contribution in [2.45, 2.75) is 26.3 Å². The fraction of sp³-hybridized carbons (Fsp3) is 0.226. The van der Waals surface area contributed by atoms with Crippen molar-refractivity contribution >= 4 is 48.9 Å². The van der Waals surface area contributed by atoms with E-state index in [2.05, 4.69) is 50.5 Å². The van der Waals surface area contributed by atoms with E-state index >= 15 is 0 Å². The van der Waals surface area contributed by atoms with Gasteiger partial charge in [0.15, 0.2) is 0 Å². The maximum absolute atomic E-state index is 10.4. The van der Waals surface area contributed by atoms with Crippen molar-refractivity contribution in [2.24, 2.45) is 5.92 Å². The normalized spacial score (nSPS) is 10.4. The third-order valence-corrected chi connectivity index (χ3v) is 5.85. The maximum Gasteiger partial charge on any atom is 0.324 e. The van der Waals surface area contributed by atoms with Crippen molar-refractivity contribution in [1.29, 1.82) is 0 Å². The quantitative estimate of drug-likeness (QED) is 0.165. The summed E-state index contributed by atoms with van der Waals surface area (Å²) in [5.74, 6) is -3.15. The second-order valence-corrected chi connectivity index (χ2v) is 9.39. The van der Waals surface area contributed by atoms with Crippen LogP contribution in [-0.2, 0) is 85.3 Å². The van der Waals surface area contributed by atoms with E-state index < -0.39 is 23.9 Å². The van der Waals surface area contributed by atoms with Gasteiger partial charge in [-0.15, -0.1) is 5.75 Å². The van der Waals surface area contributed by atoms with Crippen molar-refractivity contribution < 1.29 is 70.2 Å². The molecule has 0 bridgehead atoms. The average molecular weight is 849 g/mol. The van der Waals surface area contributed by atoms with Crippen LogP contribution in [0.2, 0.25) is 0 Å². The van der Waals surface area contributed by atoms with E-state index in [0.29, 0.717) is 0 Å². The number of carbonyl (C=O) groups is 4. The Hall–Kier alpha value is -3.30. The molecule has 4 aromatic heterocycles. The van der Waals surface area contributed by atoms with Gasteiger partial charge in [-0.2, -0.15) is 5.75 Å². The summed E-state index contributed by atoms with van der Waals surface area (Å²) < 4.78 is 0. The fourth-order valence-electron chi connectivity index (χ4n) is 3.04. The van der Waals surface area contributed by atoms with Crippen LogP contribution in [0.15, 0.2) is 97.6 Å². The Morgan fingerprint density at radius 1 is 0.630 bits per heavy atom. The molecule has 11 nitrogen and oxygen atoms in total. The predicted molar refractivity (Wildman–Crippen MR) is 171 cm³/mol. The molecule has 2 unspecified atom stereocenters. The molecule has 0 radical (unpaired) electrons. The molecule has 0 aliphatic carbocycles. The van der Waals surface area contributed by atoms with Gasteiger partial charge in [-0.3, -0.25) is 34.3 Å². The SMILES string of the molecule is CC(=O)CC(C[S-])C(=O)O.CC(=O)NC(C[S-])C(=O)O.[Pd].[Pd].c1ccc(-c2ccccn2)nc1.c1ccc(-c2ccccn2)nc1. The first-order chi connectivity index (χ1) is 21.1. The van der Waals surface area contributed by atoms with Crippen LogP contribution in [0.3, 0.4) is 0 Å². The van der Waals surface area contributed by atoms with E-state index in [4.69, 9.17) is 10.2 Å². The topological polar surface area (TPSA) is 172 Å². The fourth-order valence-corrected chi connectivity index (χ4v) is 3.53. The third-order valence-electron chi connectivity index (χ3n) is 5.11. The van der Waals surface area contributed by atoms with Crippen LogP contribution in [0, 0.1) is 5.92 Å². The number of rotatable bonds is 9. The van der Waals surface area contributed by atoms with Gasteiger partial charge in [0, 0.05) is 84.9 Å². The summed E-state index contributed by atoms with van der Waals surface area (Å²) in [6.07, 6.45) is 7.13. The van der Waals surface area contributed by atoms with E-state index in [9.17, 15) is 19.2 Å². The van der Waals surface area contributed by atoms with Gasteiger partial charge in [-0.05, 0) is 55.5 Å². The van der Waals surface area contributed by atoms with Crippen LogP contribution < -0.4 is 5.32 Å². The van der Waals surface area contributed by atoms with Crippen molar-refractivity contribution in [3.05, 3.63) is 97.6 Å². The zero-order chi connectivity index (χ0) is 32.7. The Morgan fingerprint density at radius 2 is 0.978 bits per heavy atom. The molecular weight excluding hydrogens is 815 g/mol. The van der Waals surface area contributed by atoms with Gasteiger partial charge in [-0.1, -0.05) is 24.3 Å². The van der Waals surface area contributed by atoms with Gasteiger partial charge in [-0.25, -0.2) is 0 Å². The Labute approximate surface area is 306 Å². The zero-order valence-electron chi connectivity index (χ0n) is 24.8. The Bertz CT molecular complexity index is 1230. The molecule has 252 valence electrons. The van der Waals surface area contributed by atoms with Crippen molar-refractivity contribution in [3.8, 4) is 22.8 Å². The molecule has 0 aliphatic rings. The van der Waals surface area contributed by atoms with Gasteiger partial charge in [0.1, 0.15) is 11.8 Å². The van der Waals surface area contributed by atoms with E-state index in [1.54, 1.807) is 24.8 Å². The molecule has 1 amide bonds. The van der Waals surface area contributed by atoms with E-state index in [1.807, 2.05) is 72.8 Å². The molecule has 0 aliphatic heterocycles. The van der Waals surface area contributed by atoms with Gasteiger partial charge < -0.3 is 45.6 Å². The number of hydrogen-bond acceptors (Lipinski definition) is 10. The Kier molecular flexibility index (Phi) is 26.2. The zero-order valence-corrected chi connectivity index (χ0v) is 29.5. The van der Waals surface area contributed by atoms with Crippen LogP contribution in [0.1, 0.15) is 20.3 Å². The van der Waals surface area contributed by atoms with Crippen LogP contribution in [0.4, 0.5) is 0 Å². The first-order valence-electron chi connectivity index (χ1n) is 13.1. The molecule has 15 heteroatoms. The summed E-state index contributed by atoms with van der Waals surface area (Å²) in [5.41, 5.74) is 3.66. The van der Waals surface area contributed by atoms with Gasteiger partial charge in [0.05, 0.1) is 22.8 Å². The van der Waals surface area contributed by atoms with E-state index in [-0.39, 0.29) is 70.5 Å². The minimum atomic E-state index is -1.09. The van der Waals surface area contributed by atoms with Crippen molar-refractivity contribution in [1.82, 2.24) is 25.3 Å². The summed E-state index contributed by atoms with van der Waals surface area (Å²) in [4.78, 5) is 57.9. The molecule has 3 N–H and O–H groups in total. The number of nitrogens with zero attached hydrogens (tertiary/aromatic N) is 4. The molecule has 46 heavy (non-hydrogen) atoms. The van der Waals surface area contributed by atoms with Crippen LogP contribution in [0.5, 0.6) is 0 Å². The number of Topliss-reactive ketones (excluding diaryl/α,β-unsaturated/α-hetero) is 1. The molecular formula is C31H33N5O6Pd2S2-2. The molecule has 4 heterocycles. The number of nitrogens with one attached hydrogen (secondary N) is 1.